The van der Waals surface area contributed by atoms with Crippen molar-refractivity contribution < 1.29 is 13.2 Å². The van der Waals surface area contributed by atoms with Crippen LogP contribution in [0.1, 0.15) is 38.5 Å². The number of halogens is 1. The SMILES string of the molecule is O=C(Cn1cnc2ccc(Cl)cc2c1=O)N(C1CCCCC1)C1CCS(=O)(=O)C1. The summed E-state index contributed by atoms with van der Waals surface area (Å²) in [5.74, 6) is -0.0934. The van der Waals surface area contributed by atoms with Crippen LogP contribution in [0.15, 0.2) is 29.3 Å². The van der Waals surface area contributed by atoms with E-state index in [-0.39, 0.29) is 41.6 Å². The molecule has 7 nitrogen and oxygen atoms in total. The molecule has 1 saturated carbocycles. The van der Waals surface area contributed by atoms with Crippen molar-refractivity contribution in [3.63, 3.8) is 0 Å². The van der Waals surface area contributed by atoms with Crippen molar-refractivity contribution in [2.75, 3.05) is 11.5 Å². The fourth-order valence-electron chi connectivity index (χ4n) is 4.53. The zero-order chi connectivity index (χ0) is 20.6. The van der Waals surface area contributed by atoms with E-state index in [1.165, 1.54) is 10.9 Å². The van der Waals surface area contributed by atoms with E-state index in [2.05, 4.69) is 4.98 Å². The van der Waals surface area contributed by atoms with Crippen LogP contribution >= 0.6 is 11.6 Å². The summed E-state index contributed by atoms with van der Waals surface area (Å²) < 4.78 is 25.3. The Bertz CT molecular complexity index is 1090. The van der Waals surface area contributed by atoms with Crippen molar-refractivity contribution in [3.8, 4) is 0 Å². The second kappa shape index (κ2) is 8.07. The summed E-state index contributed by atoms with van der Waals surface area (Å²) in [7, 11) is -3.12. The van der Waals surface area contributed by atoms with Crippen LogP contribution < -0.4 is 5.56 Å². The van der Waals surface area contributed by atoms with Gasteiger partial charge in [0.1, 0.15) is 6.54 Å². The number of nitrogens with zero attached hydrogens (tertiary/aromatic N) is 3. The van der Waals surface area contributed by atoms with Gasteiger partial charge in [0.2, 0.25) is 5.91 Å². The van der Waals surface area contributed by atoms with Crippen molar-refractivity contribution in [2.24, 2.45) is 0 Å². The van der Waals surface area contributed by atoms with Gasteiger partial charge in [0.25, 0.3) is 5.56 Å². The topological polar surface area (TPSA) is 89.3 Å². The van der Waals surface area contributed by atoms with Gasteiger partial charge in [-0.3, -0.25) is 14.2 Å². The molecule has 1 aliphatic carbocycles. The first-order chi connectivity index (χ1) is 13.8. The normalized spacial score (nSPS) is 22.0. The van der Waals surface area contributed by atoms with E-state index in [0.717, 1.165) is 32.1 Å². The lowest BCUT2D eigenvalue weighted by molar-refractivity contribution is -0.137. The minimum absolute atomic E-state index is 0.00964. The Kier molecular flexibility index (Phi) is 5.66. The predicted molar refractivity (Wildman–Crippen MR) is 112 cm³/mol. The third-order valence-corrected chi connectivity index (χ3v) is 7.93. The fraction of sp³-hybridized carbons (Fsp3) is 0.550. The molecule has 4 rings (SSSR count). The first kappa shape index (κ1) is 20.3. The molecule has 1 atom stereocenters. The van der Waals surface area contributed by atoms with Crippen molar-refractivity contribution in [3.05, 3.63) is 39.9 Å². The molecule has 2 aliphatic rings. The van der Waals surface area contributed by atoms with Crippen LogP contribution in [0.25, 0.3) is 10.9 Å². The smallest absolute Gasteiger partial charge is 0.261 e. The highest BCUT2D eigenvalue weighted by Crippen LogP contribution is 2.28. The van der Waals surface area contributed by atoms with Crippen molar-refractivity contribution >= 4 is 38.2 Å². The van der Waals surface area contributed by atoms with Gasteiger partial charge in [0.05, 0.1) is 28.7 Å². The Balaban J connectivity index is 1.63. The molecule has 1 saturated heterocycles. The van der Waals surface area contributed by atoms with Gasteiger partial charge in [0, 0.05) is 17.1 Å². The second-order valence-corrected chi connectivity index (χ2v) is 10.7. The Labute approximate surface area is 174 Å². The van der Waals surface area contributed by atoms with E-state index in [1.807, 2.05) is 0 Å². The number of aromatic nitrogens is 2. The molecule has 1 aromatic carbocycles. The molecule has 0 radical (unpaired) electrons. The van der Waals surface area contributed by atoms with Gasteiger partial charge in [0.15, 0.2) is 9.84 Å². The number of carbonyl (C=O) groups excluding carboxylic acids is 1. The molecule has 1 aromatic heterocycles. The van der Waals surface area contributed by atoms with Gasteiger partial charge in [-0.15, -0.1) is 0 Å². The lowest BCUT2D eigenvalue weighted by Gasteiger charge is -2.38. The molecule has 9 heteroatoms. The lowest BCUT2D eigenvalue weighted by Crippen LogP contribution is -2.50. The number of rotatable bonds is 4. The van der Waals surface area contributed by atoms with Gasteiger partial charge < -0.3 is 4.90 Å². The Morgan fingerprint density at radius 3 is 2.62 bits per heavy atom. The molecule has 2 aromatic rings. The minimum atomic E-state index is -3.12. The quantitative estimate of drug-likeness (QED) is 0.732. The molecule has 0 spiro atoms. The lowest BCUT2D eigenvalue weighted by atomic mass is 9.93. The summed E-state index contributed by atoms with van der Waals surface area (Å²) in [5.41, 5.74) is 0.197. The van der Waals surface area contributed by atoms with E-state index in [4.69, 9.17) is 11.6 Å². The average molecular weight is 438 g/mol. The Morgan fingerprint density at radius 2 is 1.93 bits per heavy atom. The zero-order valence-corrected chi connectivity index (χ0v) is 17.7. The minimum Gasteiger partial charge on any atom is -0.334 e. The standard InChI is InChI=1S/C20H24ClN3O4S/c21-14-6-7-18-17(10-14)20(26)23(13-22-18)11-19(25)24(15-4-2-1-3-5-15)16-8-9-29(27,28)12-16/h6-7,10,13,15-16H,1-5,8-9,11-12H2. The molecule has 0 N–H and O–H groups in total. The monoisotopic (exact) mass is 437 g/mol. The highest BCUT2D eigenvalue weighted by atomic mass is 35.5. The van der Waals surface area contributed by atoms with E-state index in [1.54, 1.807) is 23.1 Å². The average Bonchev–Trinajstić information content (AvgIpc) is 3.05. The molecule has 1 amide bonds. The van der Waals surface area contributed by atoms with Crippen LogP contribution in [-0.4, -0.2) is 52.4 Å². The molecule has 29 heavy (non-hydrogen) atoms. The number of carbonyl (C=O) groups is 1. The summed E-state index contributed by atoms with van der Waals surface area (Å²) >= 11 is 6.01. The zero-order valence-electron chi connectivity index (χ0n) is 16.1. The molecular weight excluding hydrogens is 414 g/mol. The largest absolute Gasteiger partial charge is 0.334 e. The third-order valence-electron chi connectivity index (χ3n) is 5.95. The third kappa shape index (κ3) is 4.33. The van der Waals surface area contributed by atoms with E-state index >= 15 is 0 Å². The molecule has 1 aliphatic heterocycles. The molecule has 2 fully saturated rings. The van der Waals surface area contributed by atoms with E-state index in [9.17, 15) is 18.0 Å². The summed E-state index contributed by atoms with van der Waals surface area (Å²) in [4.78, 5) is 32.1. The van der Waals surface area contributed by atoms with Crippen LogP contribution in [0.5, 0.6) is 0 Å². The first-order valence-electron chi connectivity index (χ1n) is 10.0. The van der Waals surface area contributed by atoms with Crippen LogP contribution in [0.3, 0.4) is 0 Å². The fourth-order valence-corrected chi connectivity index (χ4v) is 6.41. The maximum Gasteiger partial charge on any atom is 0.261 e. The van der Waals surface area contributed by atoms with E-state index in [0.29, 0.717) is 22.3 Å². The molecule has 1 unspecified atom stereocenters. The van der Waals surface area contributed by atoms with Crippen molar-refractivity contribution in [2.45, 2.75) is 57.2 Å². The number of hydrogen-bond donors (Lipinski definition) is 0. The van der Waals surface area contributed by atoms with Gasteiger partial charge >= 0.3 is 0 Å². The van der Waals surface area contributed by atoms with Crippen LogP contribution in [0.4, 0.5) is 0 Å². The van der Waals surface area contributed by atoms with Gasteiger partial charge in [-0.25, -0.2) is 13.4 Å². The predicted octanol–water partition coefficient (Wildman–Crippen LogP) is 2.40. The number of hydrogen-bond acceptors (Lipinski definition) is 5. The van der Waals surface area contributed by atoms with E-state index < -0.39 is 9.84 Å². The van der Waals surface area contributed by atoms with Gasteiger partial charge in [-0.2, -0.15) is 0 Å². The molecular formula is C20H24ClN3O4S. The summed E-state index contributed by atoms with van der Waals surface area (Å²) in [6.45, 7) is -0.151. The maximum atomic E-state index is 13.3. The highest BCUT2D eigenvalue weighted by molar-refractivity contribution is 7.91. The number of sulfone groups is 1. The molecule has 0 bridgehead atoms. The van der Waals surface area contributed by atoms with Crippen LogP contribution in [0, 0.1) is 0 Å². The number of amides is 1. The summed E-state index contributed by atoms with van der Waals surface area (Å²) in [5, 5.41) is 0.793. The van der Waals surface area contributed by atoms with Crippen LogP contribution in [0.2, 0.25) is 5.02 Å². The van der Waals surface area contributed by atoms with Crippen molar-refractivity contribution in [1.29, 1.82) is 0 Å². The van der Waals surface area contributed by atoms with Gasteiger partial charge in [-0.1, -0.05) is 30.9 Å². The highest BCUT2D eigenvalue weighted by Gasteiger charge is 2.38. The number of fused-ring (bicyclic) bond motifs is 1. The summed E-state index contributed by atoms with van der Waals surface area (Å²) in [6.07, 6.45) is 6.79. The first-order valence-corrected chi connectivity index (χ1v) is 12.2. The second-order valence-electron chi connectivity index (χ2n) is 7.99. The van der Waals surface area contributed by atoms with Crippen molar-refractivity contribution in [1.82, 2.24) is 14.5 Å². The molecule has 156 valence electrons. The van der Waals surface area contributed by atoms with Gasteiger partial charge in [-0.05, 0) is 37.5 Å². The maximum absolute atomic E-state index is 13.3. The Morgan fingerprint density at radius 1 is 1.17 bits per heavy atom. The number of benzene rings is 1. The van der Waals surface area contributed by atoms with Crippen LogP contribution in [-0.2, 0) is 21.2 Å². The molecule has 2 heterocycles. The summed E-state index contributed by atoms with van der Waals surface area (Å²) in [6, 6.07) is 4.61. The Hall–Kier alpha value is -1.93.